The molecule has 12 nitrogen and oxygen atoms in total. The van der Waals surface area contributed by atoms with Crippen LogP contribution in [0.5, 0.6) is 11.5 Å². The third kappa shape index (κ3) is 7.56. The molecule has 0 unspecified atom stereocenters. The molecule has 2 aromatic carbocycles. The molecular formula is C34H41N7O5. The molecule has 4 aromatic rings. The molecule has 3 heterocycles. The van der Waals surface area contributed by atoms with E-state index in [1.165, 1.54) is 4.90 Å². The fourth-order valence-electron chi connectivity index (χ4n) is 5.48. The maximum Gasteiger partial charge on any atom is 0.254 e. The second-order valence-corrected chi connectivity index (χ2v) is 11.7. The zero-order valence-corrected chi connectivity index (χ0v) is 26.9. The molecule has 0 aliphatic carbocycles. The third-order valence-electron chi connectivity index (χ3n) is 7.93. The number of carbonyl (C=O) groups is 3. The monoisotopic (exact) mass is 627 g/mol. The SMILES string of the molecule is COc1ccc2cc1OCCN(C(=O)c1ccc(Cn3nc(C)cc3C)cc1)CC(=O)N[C@H](C(C)C)C(=O)NCCn1ccnc1-2. The number of nitrogens with zero attached hydrogens (tertiary/aromatic N) is 5. The Morgan fingerprint density at radius 1 is 1.09 bits per heavy atom. The molecule has 2 N–H and O–H groups in total. The number of fused-ring (bicyclic) bond motifs is 4. The van der Waals surface area contributed by atoms with E-state index in [-0.39, 0.29) is 37.4 Å². The number of amides is 3. The zero-order chi connectivity index (χ0) is 32.8. The van der Waals surface area contributed by atoms with Crippen molar-refractivity contribution < 1.29 is 23.9 Å². The smallest absolute Gasteiger partial charge is 0.254 e. The van der Waals surface area contributed by atoms with Crippen LogP contribution in [-0.2, 0) is 22.7 Å². The molecule has 0 saturated heterocycles. The second-order valence-electron chi connectivity index (χ2n) is 11.7. The van der Waals surface area contributed by atoms with Gasteiger partial charge in [0.05, 0.1) is 32.4 Å². The highest BCUT2D eigenvalue weighted by Crippen LogP contribution is 2.32. The first kappa shape index (κ1) is 32.3. The van der Waals surface area contributed by atoms with Gasteiger partial charge in [-0.3, -0.25) is 19.1 Å². The lowest BCUT2D eigenvalue weighted by atomic mass is 10.0. The van der Waals surface area contributed by atoms with Crippen molar-refractivity contribution in [1.29, 1.82) is 0 Å². The first-order chi connectivity index (χ1) is 22.1. The van der Waals surface area contributed by atoms with Gasteiger partial charge in [0.2, 0.25) is 11.8 Å². The average molecular weight is 628 g/mol. The number of benzene rings is 2. The van der Waals surface area contributed by atoms with Crippen LogP contribution in [0.3, 0.4) is 0 Å². The van der Waals surface area contributed by atoms with Crippen LogP contribution in [0.4, 0.5) is 0 Å². The predicted octanol–water partition coefficient (Wildman–Crippen LogP) is 3.21. The van der Waals surface area contributed by atoms with Crippen molar-refractivity contribution in [2.24, 2.45) is 5.92 Å². The summed E-state index contributed by atoms with van der Waals surface area (Å²) in [7, 11) is 1.56. The first-order valence-electron chi connectivity index (χ1n) is 15.4. The number of carbonyl (C=O) groups excluding carboxylic acids is 3. The van der Waals surface area contributed by atoms with Gasteiger partial charge in [0.15, 0.2) is 11.5 Å². The first-order valence-corrected chi connectivity index (χ1v) is 15.4. The number of aromatic nitrogens is 4. The van der Waals surface area contributed by atoms with Gasteiger partial charge >= 0.3 is 0 Å². The number of ether oxygens (including phenoxy) is 2. The van der Waals surface area contributed by atoms with Crippen LogP contribution in [0.15, 0.2) is 60.9 Å². The molecule has 1 aliphatic rings. The van der Waals surface area contributed by atoms with Gasteiger partial charge in [-0.25, -0.2) is 4.98 Å². The molecule has 242 valence electrons. The zero-order valence-electron chi connectivity index (χ0n) is 26.9. The lowest BCUT2D eigenvalue weighted by Crippen LogP contribution is -2.53. The fourth-order valence-corrected chi connectivity index (χ4v) is 5.48. The van der Waals surface area contributed by atoms with E-state index in [9.17, 15) is 14.4 Å². The van der Waals surface area contributed by atoms with E-state index in [1.807, 2.05) is 73.5 Å². The van der Waals surface area contributed by atoms with Gasteiger partial charge in [-0.05, 0) is 61.7 Å². The number of aryl methyl sites for hydroxylation is 2. The Labute approximate surface area is 268 Å². The lowest BCUT2D eigenvalue weighted by molar-refractivity contribution is -0.130. The van der Waals surface area contributed by atoms with Gasteiger partial charge < -0.3 is 29.6 Å². The van der Waals surface area contributed by atoms with Crippen molar-refractivity contribution in [3.63, 3.8) is 0 Å². The van der Waals surface area contributed by atoms with Crippen molar-refractivity contribution in [1.82, 2.24) is 34.9 Å². The minimum Gasteiger partial charge on any atom is -0.493 e. The Kier molecular flexibility index (Phi) is 10.0. The number of hydrogen-bond donors (Lipinski definition) is 2. The van der Waals surface area contributed by atoms with Gasteiger partial charge in [0.25, 0.3) is 5.91 Å². The molecular weight excluding hydrogens is 586 g/mol. The summed E-state index contributed by atoms with van der Waals surface area (Å²) < 4.78 is 15.5. The van der Waals surface area contributed by atoms with E-state index >= 15 is 0 Å². The Balaban J connectivity index is 1.41. The summed E-state index contributed by atoms with van der Waals surface area (Å²) in [6.07, 6.45) is 3.55. The molecule has 3 amide bonds. The van der Waals surface area contributed by atoms with Crippen LogP contribution in [0.25, 0.3) is 11.4 Å². The number of hydrogen-bond acceptors (Lipinski definition) is 7. The Hall–Kier alpha value is -5.13. The normalized spacial score (nSPS) is 16.2. The number of nitrogens with one attached hydrogen (secondary N) is 2. The quantitative estimate of drug-likeness (QED) is 0.347. The van der Waals surface area contributed by atoms with Gasteiger partial charge in [0.1, 0.15) is 18.5 Å². The number of imidazole rings is 1. The molecule has 0 spiro atoms. The van der Waals surface area contributed by atoms with Crippen LogP contribution >= 0.6 is 0 Å². The van der Waals surface area contributed by atoms with Crippen molar-refractivity contribution in [2.45, 2.75) is 46.8 Å². The Bertz CT molecular complexity index is 1690. The van der Waals surface area contributed by atoms with Crippen molar-refractivity contribution in [2.75, 3.05) is 33.4 Å². The summed E-state index contributed by atoms with van der Waals surface area (Å²) in [5.41, 5.74) is 4.23. The second kappa shape index (κ2) is 14.3. The summed E-state index contributed by atoms with van der Waals surface area (Å²) in [6.45, 7) is 9.03. The van der Waals surface area contributed by atoms with E-state index in [4.69, 9.17) is 9.47 Å². The van der Waals surface area contributed by atoms with E-state index in [1.54, 1.807) is 31.5 Å². The number of rotatable bonds is 5. The summed E-state index contributed by atoms with van der Waals surface area (Å²) >= 11 is 0. The maximum absolute atomic E-state index is 13.8. The molecule has 0 radical (unpaired) electrons. The summed E-state index contributed by atoms with van der Waals surface area (Å²) in [5, 5.41) is 10.3. The van der Waals surface area contributed by atoms with E-state index in [0.29, 0.717) is 42.5 Å². The minimum absolute atomic E-state index is 0.0946. The molecule has 46 heavy (non-hydrogen) atoms. The topological polar surface area (TPSA) is 133 Å². The Morgan fingerprint density at radius 3 is 2.57 bits per heavy atom. The summed E-state index contributed by atoms with van der Waals surface area (Å²) in [4.78, 5) is 46.3. The largest absolute Gasteiger partial charge is 0.493 e. The molecule has 2 aromatic heterocycles. The minimum atomic E-state index is -0.772. The highest BCUT2D eigenvalue weighted by Gasteiger charge is 2.27. The molecule has 1 aliphatic heterocycles. The van der Waals surface area contributed by atoms with Crippen molar-refractivity contribution >= 4 is 17.7 Å². The number of methoxy groups -OCH3 is 1. The van der Waals surface area contributed by atoms with Crippen LogP contribution in [0.2, 0.25) is 0 Å². The molecule has 0 saturated carbocycles. The average Bonchev–Trinajstić information content (AvgIpc) is 3.63. The predicted molar refractivity (Wildman–Crippen MR) is 173 cm³/mol. The highest BCUT2D eigenvalue weighted by atomic mass is 16.5. The van der Waals surface area contributed by atoms with Crippen LogP contribution < -0.4 is 20.1 Å². The van der Waals surface area contributed by atoms with Gasteiger partial charge in [-0.1, -0.05) is 26.0 Å². The summed E-state index contributed by atoms with van der Waals surface area (Å²) in [5.74, 6) is 0.481. The van der Waals surface area contributed by atoms with Crippen molar-refractivity contribution in [3.8, 4) is 22.9 Å². The van der Waals surface area contributed by atoms with E-state index in [2.05, 4.69) is 20.7 Å². The van der Waals surface area contributed by atoms with Crippen LogP contribution in [0.1, 0.15) is 41.2 Å². The standard InChI is InChI=1S/C34H41N7O5/c1-22(2)31-33(43)36-13-15-39-14-12-35-32(39)27-10-11-28(45-5)29(19-27)46-17-16-40(21-30(42)37-31)34(44)26-8-6-25(7-9-26)20-41-24(4)18-23(3)38-41/h6-12,14,18-19,22,31H,13,15-17,20-21H2,1-5H3,(H,36,43)(H,37,42)/t31-/m1/s1. The van der Waals surface area contributed by atoms with E-state index < -0.39 is 11.9 Å². The van der Waals surface area contributed by atoms with Gasteiger partial charge in [0, 0.05) is 42.3 Å². The highest BCUT2D eigenvalue weighted by molar-refractivity contribution is 5.97. The van der Waals surface area contributed by atoms with Gasteiger partial charge in [-0.15, -0.1) is 0 Å². The third-order valence-corrected chi connectivity index (χ3v) is 7.93. The summed E-state index contributed by atoms with van der Waals surface area (Å²) in [6, 6.07) is 14.1. The van der Waals surface area contributed by atoms with Crippen LogP contribution in [-0.4, -0.2) is 81.3 Å². The van der Waals surface area contributed by atoms with Crippen LogP contribution in [0, 0.1) is 19.8 Å². The van der Waals surface area contributed by atoms with Crippen molar-refractivity contribution in [3.05, 3.63) is 83.4 Å². The molecule has 2 bridgehead atoms. The van der Waals surface area contributed by atoms with E-state index in [0.717, 1.165) is 22.5 Å². The molecule has 0 fully saturated rings. The molecule has 1 atom stereocenters. The fraction of sp³-hybridized carbons (Fsp3) is 0.382. The maximum atomic E-state index is 13.8. The van der Waals surface area contributed by atoms with Gasteiger partial charge in [-0.2, -0.15) is 5.10 Å². The lowest BCUT2D eigenvalue weighted by Gasteiger charge is -2.26. The Morgan fingerprint density at radius 2 is 1.87 bits per heavy atom. The molecule has 12 heteroatoms. The molecule has 5 rings (SSSR count).